The number of hydrogen-bond donors (Lipinski definition) is 0. The summed E-state index contributed by atoms with van der Waals surface area (Å²) in [4.78, 5) is 37.9. The van der Waals surface area contributed by atoms with E-state index in [0.29, 0.717) is 19.3 Å². The summed E-state index contributed by atoms with van der Waals surface area (Å²) in [6.45, 7) is 6.43. The van der Waals surface area contributed by atoms with Gasteiger partial charge in [0.15, 0.2) is 6.10 Å². The quantitative estimate of drug-likeness (QED) is 0.0262. The molecule has 0 bridgehead atoms. The van der Waals surface area contributed by atoms with Crippen LogP contribution >= 0.6 is 0 Å². The third-order valence-corrected chi connectivity index (χ3v) is 10.9. The average molecular weight is 877 g/mol. The van der Waals surface area contributed by atoms with Crippen LogP contribution in [-0.4, -0.2) is 37.2 Å². The number of allylic oxidation sites excluding steroid dienone is 14. The van der Waals surface area contributed by atoms with E-state index in [-0.39, 0.29) is 37.5 Å². The summed E-state index contributed by atoms with van der Waals surface area (Å²) < 4.78 is 16.7. The van der Waals surface area contributed by atoms with Crippen LogP contribution in [0.1, 0.15) is 239 Å². The van der Waals surface area contributed by atoms with Crippen molar-refractivity contribution in [2.24, 2.45) is 0 Å². The first-order chi connectivity index (χ1) is 31.0. The molecule has 6 heteroatoms. The first-order valence-electron chi connectivity index (χ1n) is 26.1. The molecule has 0 aromatic rings. The minimum Gasteiger partial charge on any atom is -0.462 e. The summed E-state index contributed by atoms with van der Waals surface area (Å²) in [5.74, 6) is -1.00. The van der Waals surface area contributed by atoms with E-state index in [1.165, 1.54) is 109 Å². The fraction of sp³-hybridized carbons (Fsp3) is 0.702. The largest absolute Gasteiger partial charge is 0.462 e. The van der Waals surface area contributed by atoms with Crippen molar-refractivity contribution in [3.8, 4) is 0 Å². The second-order valence-corrected chi connectivity index (χ2v) is 17.1. The van der Waals surface area contributed by atoms with Crippen molar-refractivity contribution in [1.82, 2.24) is 0 Å². The zero-order valence-electron chi connectivity index (χ0n) is 41.1. The van der Waals surface area contributed by atoms with Gasteiger partial charge in [0, 0.05) is 19.3 Å². The molecule has 0 aromatic heterocycles. The lowest BCUT2D eigenvalue weighted by atomic mass is 10.0. The van der Waals surface area contributed by atoms with Gasteiger partial charge >= 0.3 is 17.9 Å². The molecule has 0 heterocycles. The summed E-state index contributed by atoms with van der Waals surface area (Å²) in [5.41, 5.74) is 0. The third kappa shape index (κ3) is 49.5. The highest BCUT2D eigenvalue weighted by Gasteiger charge is 2.19. The van der Waals surface area contributed by atoms with Crippen molar-refractivity contribution in [2.75, 3.05) is 13.2 Å². The maximum absolute atomic E-state index is 12.8. The van der Waals surface area contributed by atoms with Crippen LogP contribution in [0.2, 0.25) is 0 Å². The van der Waals surface area contributed by atoms with Gasteiger partial charge in [-0.25, -0.2) is 0 Å². The molecule has 0 saturated carbocycles. The fourth-order valence-electron chi connectivity index (χ4n) is 6.98. The Balaban J connectivity index is 4.51. The molecule has 0 aliphatic heterocycles. The van der Waals surface area contributed by atoms with Gasteiger partial charge < -0.3 is 14.2 Å². The van der Waals surface area contributed by atoms with Crippen LogP contribution in [0.25, 0.3) is 0 Å². The molecule has 360 valence electrons. The van der Waals surface area contributed by atoms with Gasteiger partial charge in [-0.15, -0.1) is 0 Å². The van der Waals surface area contributed by atoms with Crippen molar-refractivity contribution in [2.45, 2.75) is 245 Å². The van der Waals surface area contributed by atoms with E-state index in [1.54, 1.807) is 0 Å². The lowest BCUT2D eigenvalue weighted by Gasteiger charge is -2.18. The van der Waals surface area contributed by atoms with Crippen LogP contribution < -0.4 is 0 Å². The molecule has 0 aliphatic rings. The van der Waals surface area contributed by atoms with E-state index in [0.717, 1.165) is 83.5 Å². The van der Waals surface area contributed by atoms with Crippen molar-refractivity contribution in [3.63, 3.8) is 0 Å². The molecule has 0 unspecified atom stereocenters. The van der Waals surface area contributed by atoms with Crippen LogP contribution in [-0.2, 0) is 28.6 Å². The minimum absolute atomic E-state index is 0.113. The fourth-order valence-corrected chi connectivity index (χ4v) is 6.98. The molecular weight excluding hydrogens is 781 g/mol. The summed E-state index contributed by atoms with van der Waals surface area (Å²) in [6, 6.07) is 0. The van der Waals surface area contributed by atoms with E-state index in [2.05, 4.69) is 106 Å². The monoisotopic (exact) mass is 877 g/mol. The normalized spacial score (nSPS) is 12.7. The second kappa shape index (κ2) is 51.2. The van der Waals surface area contributed by atoms with E-state index in [4.69, 9.17) is 14.2 Å². The van der Waals surface area contributed by atoms with Crippen molar-refractivity contribution >= 4 is 17.9 Å². The van der Waals surface area contributed by atoms with Crippen LogP contribution in [0.3, 0.4) is 0 Å². The van der Waals surface area contributed by atoms with Gasteiger partial charge in [-0.2, -0.15) is 0 Å². The molecule has 0 spiro atoms. The van der Waals surface area contributed by atoms with E-state index >= 15 is 0 Å². The molecule has 1 atom stereocenters. The van der Waals surface area contributed by atoms with Crippen molar-refractivity contribution < 1.29 is 28.6 Å². The topological polar surface area (TPSA) is 78.9 Å². The molecule has 0 saturated heterocycles. The lowest BCUT2D eigenvalue weighted by Crippen LogP contribution is -2.30. The Morgan fingerprint density at radius 2 is 0.635 bits per heavy atom. The Morgan fingerprint density at radius 3 is 1.06 bits per heavy atom. The van der Waals surface area contributed by atoms with Gasteiger partial charge in [0.2, 0.25) is 0 Å². The zero-order chi connectivity index (χ0) is 45.8. The SMILES string of the molecule is CC/C=C\C/C=C\C/C=C\C/C=C\CCCCC(=O)OC[C@H](COC(=O)CCC/C=C\C/C=C\C/C=C\CCCCCCCC)OC(=O)CCCCCCCCCCCCCCC. The number of carbonyl (C=O) groups excluding carboxylic acids is 3. The van der Waals surface area contributed by atoms with Gasteiger partial charge in [0.05, 0.1) is 0 Å². The summed E-state index contributed by atoms with van der Waals surface area (Å²) >= 11 is 0. The molecule has 0 amide bonds. The van der Waals surface area contributed by atoms with Crippen LogP contribution in [0.5, 0.6) is 0 Å². The highest BCUT2D eigenvalue weighted by Crippen LogP contribution is 2.14. The molecular formula is C57H96O6. The molecule has 6 nitrogen and oxygen atoms in total. The van der Waals surface area contributed by atoms with Gasteiger partial charge in [-0.3, -0.25) is 14.4 Å². The molecule has 0 rings (SSSR count). The maximum atomic E-state index is 12.8. The zero-order valence-corrected chi connectivity index (χ0v) is 41.1. The van der Waals surface area contributed by atoms with Gasteiger partial charge in [-0.1, -0.05) is 215 Å². The van der Waals surface area contributed by atoms with Crippen molar-refractivity contribution in [1.29, 1.82) is 0 Å². The van der Waals surface area contributed by atoms with E-state index in [9.17, 15) is 14.4 Å². The second-order valence-electron chi connectivity index (χ2n) is 17.1. The van der Waals surface area contributed by atoms with Crippen LogP contribution in [0.4, 0.5) is 0 Å². The van der Waals surface area contributed by atoms with E-state index < -0.39 is 6.10 Å². The first kappa shape index (κ1) is 59.6. The number of carbonyl (C=O) groups is 3. The Bertz CT molecular complexity index is 1240. The highest BCUT2D eigenvalue weighted by molar-refractivity contribution is 5.71. The standard InChI is InChI=1S/C57H96O6/c1-4-7-10-13-16-19-22-25-27-28-30-33-35-38-41-44-47-50-56(59)62-53-54(63-57(60)51-48-45-42-39-36-31-24-21-18-15-12-9-6-3)52-61-55(58)49-46-43-40-37-34-32-29-26-23-20-17-14-11-8-5-2/h8,11,17,20,25-27,29-30,33-34,37-38,41,54H,4-7,9-10,12-16,18-19,21-24,28,31-32,35-36,39-40,42-53H2,1-3H3/b11-8-,20-17-,27-25-,29-26-,33-30-,37-34-,41-38-/t54-/m1/s1. The third-order valence-electron chi connectivity index (χ3n) is 10.9. The Labute approximate surface area is 388 Å². The first-order valence-corrected chi connectivity index (χ1v) is 26.1. The van der Waals surface area contributed by atoms with Gasteiger partial charge in [0.1, 0.15) is 13.2 Å². The Morgan fingerprint density at radius 1 is 0.333 bits per heavy atom. The summed E-state index contributed by atoms with van der Waals surface area (Å²) in [5, 5.41) is 0. The Hall–Kier alpha value is -3.41. The molecule has 63 heavy (non-hydrogen) atoms. The Kier molecular flexibility index (Phi) is 48.5. The maximum Gasteiger partial charge on any atom is 0.306 e. The highest BCUT2D eigenvalue weighted by atomic mass is 16.6. The molecule has 0 aromatic carbocycles. The van der Waals surface area contributed by atoms with E-state index in [1.807, 2.05) is 0 Å². The van der Waals surface area contributed by atoms with Crippen LogP contribution in [0, 0.1) is 0 Å². The van der Waals surface area contributed by atoms with Crippen molar-refractivity contribution in [3.05, 3.63) is 85.1 Å². The predicted molar refractivity (Wildman–Crippen MR) is 270 cm³/mol. The molecule has 0 N–H and O–H groups in total. The minimum atomic E-state index is -0.811. The summed E-state index contributed by atoms with van der Waals surface area (Å²) in [7, 11) is 0. The average Bonchev–Trinajstić information content (AvgIpc) is 3.28. The number of unbranched alkanes of at least 4 members (excludes halogenated alkanes) is 21. The molecule has 0 aliphatic carbocycles. The molecule has 0 radical (unpaired) electrons. The lowest BCUT2D eigenvalue weighted by molar-refractivity contribution is -0.167. The number of hydrogen-bond acceptors (Lipinski definition) is 6. The molecule has 0 fully saturated rings. The smallest absolute Gasteiger partial charge is 0.306 e. The van der Waals surface area contributed by atoms with Gasteiger partial charge in [-0.05, 0) is 89.9 Å². The number of ether oxygens (including phenoxy) is 3. The van der Waals surface area contributed by atoms with Crippen LogP contribution in [0.15, 0.2) is 85.1 Å². The van der Waals surface area contributed by atoms with Gasteiger partial charge in [0.25, 0.3) is 0 Å². The summed E-state index contributed by atoms with van der Waals surface area (Å²) in [6.07, 6.45) is 65.7. The number of esters is 3. The number of rotatable bonds is 46. The predicted octanol–water partition coefficient (Wildman–Crippen LogP) is 17.2.